The van der Waals surface area contributed by atoms with Gasteiger partial charge in [-0.25, -0.2) is 4.98 Å². The van der Waals surface area contributed by atoms with Crippen molar-refractivity contribution < 1.29 is 0 Å². The average molecular weight is 290 g/mol. The van der Waals surface area contributed by atoms with E-state index in [1.54, 1.807) is 11.3 Å². The lowest BCUT2D eigenvalue weighted by Crippen LogP contribution is -2.22. The number of anilines is 1. The highest BCUT2D eigenvalue weighted by Crippen LogP contribution is 2.27. The summed E-state index contributed by atoms with van der Waals surface area (Å²) >= 11 is 1.76. The first-order valence-corrected chi connectivity index (χ1v) is 7.55. The van der Waals surface area contributed by atoms with Crippen molar-refractivity contribution in [3.63, 3.8) is 0 Å². The molecule has 0 amide bonds. The molecule has 2 aromatic rings. The van der Waals surface area contributed by atoms with E-state index >= 15 is 0 Å². The third-order valence-electron chi connectivity index (χ3n) is 3.43. The molecule has 0 aliphatic carbocycles. The van der Waals surface area contributed by atoms with Crippen LogP contribution in [0.4, 0.5) is 5.13 Å². The zero-order valence-electron chi connectivity index (χ0n) is 12.8. The molecule has 20 heavy (non-hydrogen) atoms. The van der Waals surface area contributed by atoms with Crippen molar-refractivity contribution in [2.45, 2.75) is 26.4 Å². The van der Waals surface area contributed by atoms with Crippen LogP contribution in [-0.4, -0.2) is 36.0 Å². The molecule has 108 valence electrons. The fraction of sp³-hybridized carbons (Fsp3) is 0.467. The first-order chi connectivity index (χ1) is 9.49. The van der Waals surface area contributed by atoms with Gasteiger partial charge in [0.05, 0.1) is 11.4 Å². The summed E-state index contributed by atoms with van der Waals surface area (Å²) in [6.45, 7) is 5.17. The van der Waals surface area contributed by atoms with Crippen molar-refractivity contribution in [2.75, 3.05) is 26.0 Å². The van der Waals surface area contributed by atoms with Crippen LogP contribution < -0.4 is 4.90 Å². The van der Waals surface area contributed by atoms with Gasteiger partial charge >= 0.3 is 0 Å². The Morgan fingerprint density at radius 1 is 1.25 bits per heavy atom. The Hall–Kier alpha value is -1.46. The molecule has 4 nitrogen and oxygen atoms in total. The normalized spacial score (nSPS) is 12.7. The molecular weight excluding hydrogens is 268 g/mol. The Bertz CT molecular complexity index is 550. The van der Waals surface area contributed by atoms with Gasteiger partial charge in [0.1, 0.15) is 0 Å². The van der Waals surface area contributed by atoms with Gasteiger partial charge in [-0.15, -0.1) is 11.3 Å². The zero-order chi connectivity index (χ0) is 14.7. The topological polar surface area (TPSA) is 32.3 Å². The first kappa shape index (κ1) is 14.9. The Morgan fingerprint density at radius 2 is 2.00 bits per heavy atom. The van der Waals surface area contributed by atoms with Crippen molar-refractivity contribution in [1.82, 2.24) is 14.9 Å². The van der Waals surface area contributed by atoms with Crippen LogP contribution in [0, 0.1) is 6.92 Å². The van der Waals surface area contributed by atoms with E-state index in [2.05, 4.69) is 46.7 Å². The molecule has 0 aliphatic rings. The van der Waals surface area contributed by atoms with Gasteiger partial charge in [-0.05, 0) is 33.0 Å². The number of hydrogen-bond donors (Lipinski definition) is 0. The van der Waals surface area contributed by atoms with Gasteiger partial charge in [0.2, 0.25) is 0 Å². The number of pyridine rings is 1. The highest BCUT2D eigenvalue weighted by atomic mass is 32.1. The van der Waals surface area contributed by atoms with E-state index in [-0.39, 0.29) is 0 Å². The van der Waals surface area contributed by atoms with Crippen molar-refractivity contribution in [2.24, 2.45) is 0 Å². The maximum Gasteiger partial charge on any atom is 0.185 e. The van der Waals surface area contributed by atoms with Gasteiger partial charge in [-0.1, -0.05) is 6.07 Å². The summed E-state index contributed by atoms with van der Waals surface area (Å²) in [5.41, 5.74) is 2.23. The zero-order valence-corrected chi connectivity index (χ0v) is 13.6. The third kappa shape index (κ3) is 3.35. The van der Waals surface area contributed by atoms with Crippen molar-refractivity contribution in [1.29, 1.82) is 0 Å². The van der Waals surface area contributed by atoms with E-state index < -0.39 is 0 Å². The smallest absolute Gasteiger partial charge is 0.185 e. The van der Waals surface area contributed by atoms with Gasteiger partial charge in [0.25, 0.3) is 0 Å². The number of aromatic nitrogens is 2. The monoisotopic (exact) mass is 290 g/mol. The van der Waals surface area contributed by atoms with Gasteiger partial charge in [-0.2, -0.15) is 0 Å². The molecule has 1 atom stereocenters. The first-order valence-electron chi connectivity index (χ1n) is 6.74. The summed E-state index contributed by atoms with van der Waals surface area (Å²) in [5.74, 6) is 0. The second-order valence-corrected chi connectivity index (χ2v) is 6.31. The van der Waals surface area contributed by atoms with E-state index in [0.717, 1.165) is 23.1 Å². The lowest BCUT2D eigenvalue weighted by Gasteiger charge is -2.23. The van der Waals surface area contributed by atoms with Crippen LogP contribution in [0.25, 0.3) is 0 Å². The quantitative estimate of drug-likeness (QED) is 0.847. The minimum Gasteiger partial charge on any atom is -0.354 e. The number of rotatable bonds is 5. The third-order valence-corrected chi connectivity index (χ3v) is 4.74. The Kier molecular flexibility index (Phi) is 4.73. The van der Waals surface area contributed by atoms with Crippen LogP contribution in [-0.2, 0) is 6.54 Å². The SMILES string of the molecule is Cc1nc(N(C)C)sc1CN(C)[C@H](C)c1ccccn1. The predicted molar refractivity (Wildman–Crippen MR) is 85.3 cm³/mol. The van der Waals surface area contributed by atoms with Gasteiger partial charge in [-0.3, -0.25) is 9.88 Å². The number of thiazole rings is 1. The molecule has 2 heterocycles. The average Bonchev–Trinajstić information content (AvgIpc) is 2.80. The summed E-state index contributed by atoms with van der Waals surface area (Å²) in [4.78, 5) is 14.7. The summed E-state index contributed by atoms with van der Waals surface area (Å²) in [7, 11) is 6.19. The molecule has 0 aliphatic heterocycles. The Labute approximate surface area is 125 Å². The van der Waals surface area contributed by atoms with Crippen LogP contribution in [0.1, 0.15) is 29.2 Å². The van der Waals surface area contributed by atoms with Crippen molar-refractivity contribution >= 4 is 16.5 Å². The van der Waals surface area contributed by atoms with E-state index in [1.165, 1.54) is 4.88 Å². The van der Waals surface area contributed by atoms with Crippen LogP contribution >= 0.6 is 11.3 Å². The molecule has 0 saturated carbocycles. The molecule has 0 bridgehead atoms. The van der Waals surface area contributed by atoms with Crippen LogP contribution in [0.2, 0.25) is 0 Å². The second kappa shape index (κ2) is 6.33. The Balaban J connectivity index is 2.09. The van der Waals surface area contributed by atoms with E-state index in [9.17, 15) is 0 Å². The number of hydrogen-bond acceptors (Lipinski definition) is 5. The minimum atomic E-state index is 0.292. The molecule has 5 heteroatoms. The molecule has 0 spiro atoms. The second-order valence-electron chi connectivity index (χ2n) is 5.25. The van der Waals surface area contributed by atoms with Crippen LogP contribution in [0.5, 0.6) is 0 Å². The van der Waals surface area contributed by atoms with Crippen molar-refractivity contribution in [3.8, 4) is 0 Å². The molecule has 0 unspecified atom stereocenters. The number of aryl methyl sites for hydroxylation is 1. The molecule has 0 fully saturated rings. The van der Waals surface area contributed by atoms with Gasteiger partial charge in [0, 0.05) is 37.8 Å². The minimum absolute atomic E-state index is 0.292. The summed E-state index contributed by atoms with van der Waals surface area (Å²) in [6.07, 6.45) is 1.85. The lowest BCUT2D eigenvalue weighted by molar-refractivity contribution is 0.250. The van der Waals surface area contributed by atoms with E-state index in [0.29, 0.717) is 6.04 Å². The van der Waals surface area contributed by atoms with E-state index in [4.69, 9.17) is 0 Å². The maximum atomic E-state index is 4.60. The van der Waals surface area contributed by atoms with Gasteiger partial charge in [0.15, 0.2) is 5.13 Å². The fourth-order valence-corrected chi connectivity index (χ4v) is 3.01. The molecular formula is C15H22N4S. The fourth-order valence-electron chi connectivity index (χ4n) is 1.96. The van der Waals surface area contributed by atoms with E-state index in [1.807, 2.05) is 32.4 Å². The molecule has 0 aromatic carbocycles. The standard InChI is InChI=1S/C15H22N4S/c1-11-14(20-15(17-11)18(3)4)10-19(5)12(2)13-8-6-7-9-16-13/h6-9,12H,10H2,1-5H3/t12-/m1/s1. The summed E-state index contributed by atoms with van der Waals surface area (Å²) in [5, 5.41) is 1.07. The van der Waals surface area contributed by atoms with Crippen LogP contribution in [0.15, 0.2) is 24.4 Å². The number of nitrogens with zero attached hydrogens (tertiary/aromatic N) is 4. The largest absolute Gasteiger partial charge is 0.354 e. The highest BCUT2D eigenvalue weighted by Gasteiger charge is 2.16. The molecule has 2 aromatic heterocycles. The predicted octanol–water partition coefficient (Wildman–Crippen LogP) is 3.11. The van der Waals surface area contributed by atoms with Crippen LogP contribution in [0.3, 0.4) is 0 Å². The molecule has 0 N–H and O–H groups in total. The molecule has 2 rings (SSSR count). The Morgan fingerprint density at radius 3 is 2.55 bits per heavy atom. The summed E-state index contributed by atoms with van der Waals surface area (Å²) in [6, 6.07) is 6.36. The molecule has 0 radical (unpaired) electrons. The highest BCUT2D eigenvalue weighted by molar-refractivity contribution is 7.15. The summed E-state index contributed by atoms with van der Waals surface area (Å²) < 4.78 is 0. The molecule has 0 saturated heterocycles. The lowest BCUT2D eigenvalue weighted by atomic mass is 10.2. The maximum absolute atomic E-state index is 4.60. The van der Waals surface area contributed by atoms with Gasteiger partial charge < -0.3 is 4.90 Å². The van der Waals surface area contributed by atoms with Crippen molar-refractivity contribution in [3.05, 3.63) is 40.7 Å².